The van der Waals surface area contributed by atoms with Gasteiger partial charge in [-0.15, -0.1) is 0 Å². The highest BCUT2D eigenvalue weighted by atomic mass is 16.4. The largest absolute Gasteiger partial charge is 0.481 e. The van der Waals surface area contributed by atoms with Crippen molar-refractivity contribution in [1.82, 2.24) is 31.6 Å². The maximum Gasteiger partial charge on any atom is 0.326 e. The molecule has 0 aliphatic rings. The lowest BCUT2D eigenvalue weighted by molar-refractivity contribution is -0.142. The molecule has 0 unspecified atom stereocenters. The van der Waals surface area contributed by atoms with Gasteiger partial charge in [0.05, 0.1) is 6.04 Å². The molecule has 18 N–H and O–H groups in total. The number of hydrogen-bond acceptors (Lipinski definition) is 11. The van der Waals surface area contributed by atoms with Gasteiger partial charge >= 0.3 is 11.9 Å². The van der Waals surface area contributed by atoms with Crippen molar-refractivity contribution < 1.29 is 43.8 Å². The van der Waals surface area contributed by atoms with Crippen molar-refractivity contribution >= 4 is 58.3 Å². The predicted octanol–water partition coefficient (Wildman–Crippen LogP) is -2.26. The van der Waals surface area contributed by atoms with Gasteiger partial charge in [0.15, 0.2) is 5.96 Å². The van der Waals surface area contributed by atoms with Crippen LogP contribution in [-0.4, -0.2) is 119 Å². The predicted molar refractivity (Wildman–Crippen MR) is 216 cm³/mol. The zero-order valence-electron chi connectivity index (χ0n) is 32.8. The second-order valence-electron chi connectivity index (χ2n) is 13.9. The summed E-state index contributed by atoms with van der Waals surface area (Å²) in [6, 6.07) is -0.136. The molecule has 0 saturated carbocycles. The number of carbonyl (C=O) groups excluding carboxylic acids is 5. The number of fused-ring (bicyclic) bond motifs is 1. The SMILES string of the molecule is C[C@H](NC(=O)[C@H](CCCCN)NC(=O)[C@H](CCC(=O)O)NC(=O)[C@@H](N)CCCN=C(N)N)C(=O)N[C@@H](CCCCN)C(=O)N[C@@H](Cc1c[nH]c2ccccc12)C(=O)O. The molecular weight excluding hydrogens is 756 g/mol. The van der Waals surface area contributed by atoms with E-state index in [1.807, 2.05) is 24.3 Å². The number of amides is 5. The molecule has 0 aliphatic carbocycles. The van der Waals surface area contributed by atoms with E-state index in [0.29, 0.717) is 44.2 Å². The van der Waals surface area contributed by atoms with Crippen molar-refractivity contribution in [2.75, 3.05) is 19.6 Å². The van der Waals surface area contributed by atoms with Crippen LogP contribution in [0, 0.1) is 0 Å². The summed E-state index contributed by atoms with van der Waals surface area (Å²) in [5.74, 6) is -6.51. The molecule has 2 rings (SSSR count). The quantitative estimate of drug-likeness (QED) is 0.0245. The first-order chi connectivity index (χ1) is 27.6. The Labute approximate surface area is 336 Å². The summed E-state index contributed by atoms with van der Waals surface area (Å²) >= 11 is 0. The molecule has 2 aromatic rings. The molecule has 0 fully saturated rings. The normalized spacial score (nSPS) is 14.1. The van der Waals surface area contributed by atoms with Crippen LogP contribution < -0.4 is 55.3 Å². The fourth-order valence-electron chi connectivity index (χ4n) is 5.93. The molecule has 0 spiro atoms. The average molecular weight is 817 g/mol. The van der Waals surface area contributed by atoms with Crippen molar-refractivity contribution in [2.24, 2.45) is 33.7 Å². The van der Waals surface area contributed by atoms with E-state index in [4.69, 9.17) is 28.7 Å². The number of carboxylic acid groups (broad SMARTS) is 2. The number of nitrogens with zero attached hydrogens (tertiary/aromatic N) is 1. The molecule has 322 valence electrons. The number of aromatic amines is 1. The number of aromatic nitrogens is 1. The minimum absolute atomic E-state index is 0.0351. The number of benzene rings is 1. The maximum absolute atomic E-state index is 13.6. The first-order valence-corrected chi connectivity index (χ1v) is 19.3. The number of H-pyrrole nitrogens is 1. The van der Waals surface area contributed by atoms with Gasteiger partial charge in [0.1, 0.15) is 30.2 Å². The molecule has 5 amide bonds. The second-order valence-corrected chi connectivity index (χ2v) is 13.9. The average Bonchev–Trinajstić information content (AvgIpc) is 3.58. The smallest absolute Gasteiger partial charge is 0.326 e. The van der Waals surface area contributed by atoms with Gasteiger partial charge in [0, 0.05) is 36.5 Å². The van der Waals surface area contributed by atoms with Crippen LogP contribution in [0.4, 0.5) is 0 Å². The van der Waals surface area contributed by atoms with E-state index in [1.165, 1.54) is 6.92 Å². The third kappa shape index (κ3) is 17.1. The van der Waals surface area contributed by atoms with Gasteiger partial charge < -0.3 is 70.4 Å². The highest BCUT2D eigenvalue weighted by Crippen LogP contribution is 2.19. The van der Waals surface area contributed by atoms with Crippen molar-refractivity contribution in [2.45, 2.75) is 114 Å². The summed E-state index contributed by atoms with van der Waals surface area (Å²) in [6.45, 7) is 2.18. The Hall–Kier alpha value is -5.80. The molecule has 0 bridgehead atoms. The Balaban J connectivity index is 2.17. The van der Waals surface area contributed by atoms with E-state index in [1.54, 1.807) is 6.20 Å². The molecule has 6 atom stereocenters. The maximum atomic E-state index is 13.6. The second kappa shape index (κ2) is 25.5. The summed E-state index contributed by atoms with van der Waals surface area (Å²) in [5.41, 5.74) is 29.3. The topological polar surface area (TPSA) is 378 Å². The Morgan fingerprint density at radius 2 is 1.22 bits per heavy atom. The van der Waals surface area contributed by atoms with E-state index in [0.717, 1.165) is 10.9 Å². The summed E-state index contributed by atoms with van der Waals surface area (Å²) < 4.78 is 0. The molecule has 58 heavy (non-hydrogen) atoms. The third-order valence-corrected chi connectivity index (χ3v) is 9.21. The third-order valence-electron chi connectivity index (χ3n) is 9.21. The first-order valence-electron chi connectivity index (χ1n) is 19.3. The van der Waals surface area contributed by atoms with E-state index in [-0.39, 0.29) is 51.2 Å². The summed E-state index contributed by atoms with van der Waals surface area (Å²) in [7, 11) is 0. The van der Waals surface area contributed by atoms with E-state index in [2.05, 4.69) is 36.6 Å². The van der Waals surface area contributed by atoms with Crippen LogP contribution in [0.1, 0.15) is 76.7 Å². The molecule has 0 radical (unpaired) electrons. The lowest BCUT2D eigenvalue weighted by Crippen LogP contribution is -2.58. The number of rotatable bonds is 28. The lowest BCUT2D eigenvalue weighted by atomic mass is 10.0. The van der Waals surface area contributed by atoms with Crippen LogP contribution >= 0.6 is 0 Å². The van der Waals surface area contributed by atoms with Gasteiger partial charge in [-0.1, -0.05) is 18.2 Å². The van der Waals surface area contributed by atoms with Gasteiger partial charge in [-0.25, -0.2) is 4.79 Å². The number of carboxylic acids is 2. The Kier molecular flexibility index (Phi) is 21.2. The van der Waals surface area contributed by atoms with Crippen molar-refractivity contribution in [3.05, 3.63) is 36.0 Å². The monoisotopic (exact) mass is 816 g/mol. The number of nitrogens with one attached hydrogen (secondary N) is 6. The zero-order valence-corrected chi connectivity index (χ0v) is 32.8. The minimum Gasteiger partial charge on any atom is -0.481 e. The Morgan fingerprint density at radius 3 is 1.79 bits per heavy atom. The van der Waals surface area contributed by atoms with Gasteiger partial charge in [0.25, 0.3) is 0 Å². The molecule has 21 nitrogen and oxygen atoms in total. The molecule has 21 heteroatoms. The van der Waals surface area contributed by atoms with Crippen molar-refractivity contribution in [3.63, 3.8) is 0 Å². The summed E-state index contributed by atoms with van der Waals surface area (Å²) in [4.78, 5) is 97.4. The van der Waals surface area contributed by atoms with Gasteiger partial charge in [-0.2, -0.15) is 0 Å². The van der Waals surface area contributed by atoms with Crippen LogP contribution in [0.15, 0.2) is 35.5 Å². The van der Waals surface area contributed by atoms with E-state index >= 15 is 0 Å². The molecule has 0 aliphatic heterocycles. The molecular formula is C37H60N12O9. The van der Waals surface area contributed by atoms with Crippen LogP contribution in [0.25, 0.3) is 10.9 Å². The van der Waals surface area contributed by atoms with Crippen molar-refractivity contribution in [1.29, 1.82) is 0 Å². The standard InChI is InChI=1S/C37H60N12O9/c1-21(31(52)46-27(13-5-7-17-39)34(55)49-29(36(57)58)19-22-20-44-25-11-3-2-9-23(22)25)45-33(54)26(12-4-6-16-38)48-35(56)28(14-15-30(50)51)47-32(53)24(40)10-8-18-43-37(41)42/h2-3,9,11,20-21,24,26-29,44H,4-8,10,12-19,38-40H2,1H3,(H,45,54)(H,46,52)(H,47,53)(H,48,56)(H,49,55)(H,50,51)(H,57,58)(H4,41,42,43)/t21-,24-,26-,27-,28-,29-/m0/s1. The van der Waals surface area contributed by atoms with Gasteiger partial charge in [-0.05, 0) is 89.4 Å². The molecule has 0 saturated heterocycles. The van der Waals surface area contributed by atoms with Crippen LogP contribution in [0.5, 0.6) is 0 Å². The fraction of sp³-hybridized carbons (Fsp3) is 0.568. The number of aliphatic carboxylic acids is 2. The van der Waals surface area contributed by atoms with Crippen molar-refractivity contribution in [3.8, 4) is 0 Å². The van der Waals surface area contributed by atoms with Crippen LogP contribution in [-0.2, 0) is 40.0 Å². The fourth-order valence-corrected chi connectivity index (χ4v) is 5.93. The van der Waals surface area contributed by atoms with Gasteiger partial charge in [-0.3, -0.25) is 33.8 Å². The molecule has 1 heterocycles. The van der Waals surface area contributed by atoms with Crippen LogP contribution in [0.3, 0.4) is 0 Å². The zero-order chi connectivity index (χ0) is 43.2. The minimum atomic E-state index is -1.38. The van der Waals surface area contributed by atoms with Crippen LogP contribution in [0.2, 0.25) is 0 Å². The van der Waals surface area contributed by atoms with Gasteiger partial charge in [0.2, 0.25) is 29.5 Å². The number of hydrogen-bond donors (Lipinski definition) is 13. The summed E-state index contributed by atoms with van der Waals surface area (Å²) in [6.07, 6.45) is 3.34. The number of unbranched alkanes of at least 4 members (excludes halogenated alkanes) is 2. The van der Waals surface area contributed by atoms with E-state index < -0.39 is 84.1 Å². The highest BCUT2D eigenvalue weighted by Gasteiger charge is 2.32. The Bertz CT molecular complexity index is 1710. The summed E-state index contributed by atoms with van der Waals surface area (Å²) in [5, 5.41) is 32.8. The number of carbonyl (C=O) groups is 7. The Morgan fingerprint density at radius 1 is 0.690 bits per heavy atom. The van der Waals surface area contributed by atoms with E-state index in [9.17, 15) is 43.8 Å². The highest BCUT2D eigenvalue weighted by molar-refractivity contribution is 5.96. The molecule has 1 aromatic carbocycles. The number of guanidine groups is 1. The lowest BCUT2D eigenvalue weighted by Gasteiger charge is -2.26. The first kappa shape index (κ1) is 48.3. The number of nitrogens with two attached hydrogens (primary N) is 5. The number of aliphatic imine (C=N–C) groups is 1. The number of para-hydroxylation sites is 1. The molecule has 1 aromatic heterocycles.